The Morgan fingerprint density at radius 3 is 2.55 bits per heavy atom. The first-order valence-electron chi connectivity index (χ1n) is 11.6. The number of pyridine rings is 2. The van der Waals surface area contributed by atoms with Crippen LogP contribution in [0.5, 0.6) is 11.5 Å². The molecular weight excluding hydrogens is 527 g/mol. The number of hydrogen-bond acceptors (Lipinski definition) is 9. The normalized spacial score (nSPS) is 14.9. The minimum atomic E-state index is -0.586. The van der Waals surface area contributed by atoms with Crippen molar-refractivity contribution in [1.82, 2.24) is 20.2 Å². The Bertz CT molecular complexity index is 1600. The van der Waals surface area contributed by atoms with Crippen LogP contribution in [-0.4, -0.2) is 45.9 Å². The van der Waals surface area contributed by atoms with Crippen LogP contribution in [0.2, 0.25) is 10.0 Å². The van der Waals surface area contributed by atoms with Gasteiger partial charge in [0.05, 0.1) is 46.3 Å². The minimum absolute atomic E-state index is 0.245. The number of nitrogens with one attached hydrogen (secondary N) is 1. The number of H-pyrrole nitrogens is 1. The molecule has 5 rings (SSSR count). The molecule has 12 heteroatoms. The molecule has 1 saturated heterocycles. The molecule has 3 N–H and O–H groups in total. The van der Waals surface area contributed by atoms with Crippen LogP contribution in [0, 0.1) is 22.7 Å². The van der Waals surface area contributed by atoms with Gasteiger partial charge in [0.25, 0.3) is 0 Å². The lowest BCUT2D eigenvalue weighted by Crippen LogP contribution is -2.67. The van der Waals surface area contributed by atoms with Crippen LogP contribution in [0.4, 0.5) is 5.82 Å². The lowest BCUT2D eigenvalue weighted by Gasteiger charge is -2.47. The van der Waals surface area contributed by atoms with Gasteiger partial charge in [-0.15, -0.1) is 0 Å². The summed E-state index contributed by atoms with van der Waals surface area (Å²) in [7, 11) is 1.55. The van der Waals surface area contributed by atoms with E-state index in [9.17, 15) is 5.26 Å². The van der Waals surface area contributed by atoms with Gasteiger partial charge in [0.15, 0.2) is 11.5 Å². The van der Waals surface area contributed by atoms with Crippen molar-refractivity contribution in [3.8, 4) is 34.9 Å². The Morgan fingerprint density at radius 2 is 1.89 bits per heavy atom. The number of aromatic amines is 1. The molecule has 1 fully saturated rings. The molecule has 10 nitrogen and oxygen atoms in total. The van der Waals surface area contributed by atoms with Gasteiger partial charge in [0, 0.05) is 54.3 Å². The smallest absolute Gasteiger partial charge is 0.162 e. The molecule has 0 unspecified atom stereocenters. The number of nitriles is 2. The van der Waals surface area contributed by atoms with Crippen molar-refractivity contribution >= 4 is 39.9 Å². The van der Waals surface area contributed by atoms with Gasteiger partial charge in [-0.1, -0.05) is 23.2 Å². The van der Waals surface area contributed by atoms with Crippen LogP contribution in [0.1, 0.15) is 30.6 Å². The van der Waals surface area contributed by atoms with Crippen molar-refractivity contribution in [2.24, 2.45) is 5.73 Å². The van der Waals surface area contributed by atoms with Crippen LogP contribution < -0.4 is 20.1 Å². The maximum absolute atomic E-state index is 9.83. The van der Waals surface area contributed by atoms with Gasteiger partial charge in [-0.2, -0.15) is 15.6 Å². The summed E-state index contributed by atoms with van der Waals surface area (Å²) in [4.78, 5) is 10.4. The van der Waals surface area contributed by atoms with Crippen molar-refractivity contribution in [3.05, 3.63) is 58.0 Å². The predicted octanol–water partition coefficient (Wildman–Crippen LogP) is 4.78. The van der Waals surface area contributed by atoms with Gasteiger partial charge in [-0.3, -0.25) is 10.1 Å². The van der Waals surface area contributed by atoms with Gasteiger partial charge in [-0.25, -0.2) is 4.98 Å². The number of methoxy groups -OCH3 is 1. The van der Waals surface area contributed by atoms with Gasteiger partial charge >= 0.3 is 0 Å². The lowest BCUT2D eigenvalue weighted by atomic mass is 9.88. The van der Waals surface area contributed by atoms with E-state index in [0.717, 1.165) is 5.39 Å². The van der Waals surface area contributed by atoms with E-state index < -0.39 is 11.6 Å². The second-order valence-electron chi connectivity index (χ2n) is 9.16. The van der Waals surface area contributed by atoms with Gasteiger partial charge in [-0.05, 0) is 19.1 Å². The topological polar surface area (TPSA) is 150 Å². The molecule has 4 heterocycles. The molecule has 4 aromatic rings. The first kappa shape index (κ1) is 25.6. The Hall–Kier alpha value is -4.09. The zero-order valence-electron chi connectivity index (χ0n) is 20.5. The molecule has 0 spiro atoms. The Balaban J connectivity index is 1.49. The first-order valence-corrected chi connectivity index (χ1v) is 12.4. The molecule has 1 aliphatic rings. The molecule has 0 aliphatic carbocycles. The number of nitrogens with two attached hydrogens (primary N) is 1. The van der Waals surface area contributed by atoms with E-state index >= 15 is 0 Å². The van der Waals surface area contributed by atoms with Crippen molar-refractivity contribution in [1.29, 1.82) is 10.5 Å². The third kappa shape index (κ3) is 4.54. The van der Waals surface area contributed by atoms with E-state index in [0.29, 0.717) is 68.4 Å². The summed E-state index contributed by atoms with van der Waals surface area (Å²) in [5.74, 6) is 1.48. The summed E-state index contributed by atoms with van der Waals surface area (Å²) < 4.78 is 11.8. The van der Waals surface area contributed by atoms with E-state index in [1.165, 1.54) is 12.4 Å². The quantitative estimate of drug-likeness (QED) is 0.332. The average Bonchev–Trinajstić information content (AvgIpc) is 3.29. The Labute approximate surface area is 228 Å². The Kier molecular flexibility index (Phi) is 6.72. The molecule has 3 aromatic heterocycles. The monoisotopic (exact) mass is 548 g/mol. The summed E-state index contributed by atoms with van der Waals surface area (Å²) in [5.41, 5.74) is 8.57. The molecular formula is C26H22Cl2N8O2. The molecule has 1 aliphatic heterocycles. The van der Waals surface area contributed by atoms with Crippen LogP contribution in [0.3, 0.4) is 0 Å². The first-order chi connectivity index (χ1) is 18.3. The lowest BCUT2D eigenvalue weighted by molar-refractivity contribution is 0.216. The molecule has 0 bridgehead atoms. The number of anilines is 1. The summed E-state index contributed by atoms with van der Waals surface area (Å²) >= 11 is 12.7. The highest BCUT2D eigenvalue weighted by Crippen LogP contribution is 2.40. The fourth-order valence-electron chi connectivity index (χ4n) is 4.61. The SMILES string of the molecule is COc1cc2[nH]nc(-c3cnc(N4CC(N)(CC#N)C4)c(C#N)c3)c2cc1O[C@H](C)c1c(Cl)cncc1Cl. The van der Waals surface area contributed by atoms with Crippen molar-refractivity contribution in [2.75, 3.05) is 25.1 Å². The van der Waals surface area contributed by atoms with Crippen molar-refractivity contribution < 1.29 is 9.47 Å². The van der Waals surface area contributed by atoms with Crippen LogP contribution in [0.15, 0.2) is 36.8 Å². The van der Waals surface area contributed by atoms with Gasteiger partial charge in [0.1, 0.15) is 23.7 Å². The van der Waals surface area contributed by atoms with Crippen molar-refractivity contribution in [3.63, 3.8) is 0 Å². The van der Waals surface area contributed by atoms with E-state index in [1.807, 2.05) is 17.9 Å². The van der Waals surface area contributed by atoms with Crippen LogP contribution >= 0.6 is 23.2 Å². The van der Waals surface area contributed by atoms with E-state index in [2.05, 4.69) is 32.3 Å². The third-order valence-corrected chi connectivity index (χ3v) is 7.05. The molecule has 192 valence electrons. The molecule has 38 heavy (non-hydrogen) atoms. The van der Waals surface area contributed by atoms with Crippen molar-refractivity contribution in [2.45, 2.75) is 25.0 Å². The summed E-state index contributed by atoms with van der Waals surface area (Å²) in [6.45, 7) is 2.74. The summed E-state index contributed by atoms with van der Waals surface area (Å²) in [6, 6.07) is 9.66. The molecule has 1 atom stereocenters. The maximum Gasteiger partial charge on any atom is 0.162 e. The number of fused-ring (bicyclic) bond motifs is 1. The Morgan fingerprint density at radius 1 is 1.16 bits per heavy atom. The molecule has 0 saturated carbocycles. The second-order valence-corrected chi connectivity index (χ2v) is 9.97. The van der Waals surface area contributed by atoms with Gasteiger partial charge in [0.2, 0.25) is 0 Å². The molecule has 0 amide bonds. The number of aromatic nitrogens is 4. The highest BCUT2D eigenvalue weighted by molar-refractivity contribution is 6.35. The van der Waals surface area contributed by atoms with E-state index in [1.54, 1.807) is 25.4 Å². The van der Waals surface area contributed by atoms with E-state index in [-0.39, 0.29) is 6.42 Å². The highest BCUT2D eigenvalue weighted by Gasteiger charge is 2.41. The fraction of sp³-hybridized carbons (Fsp3) is 0.269. The standard InChI is InChI=1S/C26H22Cl2N8O2/c1-14(23-18(27)10-32-11-19(23)28)38-22-6-17-20(7-21(22)37-2)34-35-24(17)16-5-15(8-30)25(33-9-16)36-12-26(31,13-36)3-4-29/h5-7,9-11,14H,3,12-13,31H2,1-2H3,(H,34,35)/t14-/m1/s1. The minimum Gasteiger partial charge on any atom is -0.493 e. The zero-order chi connectivity index (χ0) is 27.0. The predicted molar refractivity (Wildman–Crippen MR) is 143 cm³/mol. The second kappa shape index (κ2) is 9.99. The summed E-state index contributed by atoms with van der Waals surface area (Å²) in [5, 5.41) is 27.8. The zero-order valence-corrected chi connectivity index (χ0v) is 22.0. The van der Waals surface area contributed by atoms with Gasteiger partial charge < -0.3 is 20.1 Å². The third-order valence-electron chi connectivity index (χ3n) is 6.45. The maximum atomic E-state index is 9.83. The van der Waals surface area contributed by atoms with E-state index in [4.69, 9.17) is 43.7 Å². The largest absolute Gasteiger partial charge is 0.493 e. The average molecular weight is 549 g/mol. The molecule has 1 aromatic carbocycles. The summed E-state index contributed by atoms with van der Waals surface area (Å²) in [6.07, 6.45) is 4.43. The van der Waals surface area contributed by atoms with Crippen LogP contribution in [0.25, 0.3) is 22.2 Å². The van der Waals surface area contributed by atoms with Crippen LogP contribution in [-0.2, 0) is 0 Å². The highest BCUT2D eigenvalue weighted by atomic mass is 35.5. The number of benzene rings is 1. The fourth-order valence-corrected chi connectivity index (χ4v) is 5.28. The number of hydrogen-bond donors (Lipinski definition) is 2. The molecule has 0 radical (unpaired) electrons. The number of nitrogens with zero attached hydrogens (tertiary/aromatic N) is 6. The number of rotatable bonds is 7. The number of ether oxygens (including phenoxy) is 2. The number of halogens is 2.